The Bertz CT molecular complexity index is 387. The Hall–Kier alpha value is -1.71. The maximum Gasteiger partial charge on any atom is 0.309 e. The molecule has 0 spiro atoms. The fraction of sp³-hybridized carbons (Fsp3) is 0.462. The Morgan fingerprint density at radius 2 is 2.00 bits per heavy atom. The first-order valence-electron chi connectivity index (χ1n) is 5.45. The number of carbonyl (C=O) groups is 1. The summed E-state index contributed by atoms with van der Waals surface area (Å²) in [6, 6.07) is 5.66. The van der Waals surface area contributed by atoms with Gasteiger partial charge in [0, 0.05) is 0 Å². The van der Waals surface area contributed by atoms with Crippen LogP contribution >= 0.6 is 0 Å². The lowest BCUT2D eigenvalue weighted by Crippen LogP contribution is -2.18. The van der Waals surface area contributed by atoms with Gasteiger partial charge in [0.1, 0.15) is 6.10 Å². The van der Waals surface area contributed by atoms with Gasteiger partial charge in [0.25, 0.3) is 0 Å². The minimum Gasteiger partial charge on any atom is -0.493 e. The zero-order valence-corrected chi connectivity index (χ0v) is 10.6. The number of aryl methyl sites for hydroxylation is 1. The van der Waals surface area contributed by atoms with E-state index >= 15 is 0 Å². The molecule has 0 saturated carbocycles. The highest BCUT2D eigenvalue weighted by Crippen LogP contribution is 2.29. The van der Waals surface area contributed by atoms with Crippen molar-refractivity contribution in [3.05, 3.63) is 23.8 Å². The van der Waals surface area contributed by atoms with Crippen molar-refractivity contribution in [2.24, 2.45) is 0 Å². The van der Waals surface area contributed by atoms with Crippen molar-refractivity contribution in [3.63, 3.8) is 0 Å². The number of hydrogen-bond donors (Lipinski definition) is 0. The van der Waals surface area contributed by atoms with Gasteiger partial charge in [-0.1, -0.05) is 6.07 Å². The summed E-state index contributed by atoms with van der Waals surface area (Å²) >= 11 is 0. The summed E-state index contributed by atoms with van der Waals surface area (Å²) in [6.07, 6.45) is -0.0351. The SMILES string of the molecule is COC(=O)CC(C)Oc1ccc(C)cc1OC. The van der Waals surface area contributed by atoms with Crippen LogP contribution in [0.15, 0.2) is 18.2 Å². The van der Waals surface area contributed by atoms with Gasteiger partial charge in [-0.2, -0.15) is 0 Å². The molecule has 4 nitrogen and oxygen atoms in total. The van der Waals surface area contributed by atoms with Crippen LogP contribution in [0.4, 0.5) is 0 Å². The van der Waals surface area contributed by atoms with Crippen LogP contribution in [0.25, 0.3) is 0 Å². The molecule has 4 heteroatoms. The van der Waals surface area contributed by atoms with E-state index in [9.17, 15) is 4.79 Å². The minimum absolute atomic E-state index is 0.216. The highest BCUT2D eigenvalue weighted by Gasteiger charge is 2.13. The van der Waals surface area contributed by atoms with E-state index in [4.69, 9.17) is 9.47 Å². The lowest BCUT2D eigenvalue weighted by Gasteiger charge is -2.16. The molecule has 0 aliphatic carbocycles. The number of esters is 1. The number of carbonyl (C=O) groups excluding carboxylic acids is 1. The molecule has 1 unspecified atom stereocenters. The molecular weight excluding hydrogens is 220 g/mol. The summed E-state index contributed by atoms with van der Waals surface area (Å²) in [7, 11) is 2.95. The zero-order chi connectivity index (χ0) is 12.8. The maximum absolute atomic E-state index is 11.1. The van der Waals surface area contributed by atoms with Crippen molar-refractivity contribution >= 4 is 5.97 Å². The summed E-state index contributed by atoms with van der Waals surface area (Å²) < 4.78 is 15.4. The van der Waals surface area contributed by atoms with E-state index in [-0.39, 0.29) is 18.5 Å². The predicted octanol–water partition coefficient (Wildman–Crippen LogP) is 2.33. The minimum atomic E-state index is -0.288. The van der Waals surface area contributed by atoms with Gasteiger partial charge in [0.2, 0.25) is 0 Å². The third kappa shape index (κ3) is 3.98. The summed E-state index contributed by atoms with van der Waals surface area (Å²) in [4.78, 5) is 11.1. The number of methoxy groups -OCH3 is 2. The van der Waals surface area contributed by atoms with Crippen LogP contribution in [0.1, 0.15) is 18.9 Å². The average Bonchev–Trinajstić information content (AvgIpc) is 2.31. The van der Waals surface area contributed by atoms with E-state index in [2.05, 4.69) is 4.74 Å². The van der Waals surface area contributed by atoms with Crippen LogP contribution in [0.2, 0.25) is 0 Å². The van der Waals surface area contributed by atoms with Gasteiger partial charge in [-0.3, -0.25) is 4.79 Å². The smallest absolute Gasteiger partial charge is 0.309 e. The van der Waals surface area contributed by atoms with Crippen molar-refractivity contribution < 1.29 is 19.0 Å². The van der Waals surface area contributed by atoms with E-state index in [1.54, 1.807) is 7.11 Å². The zero-order valence-electron chi connectivity index (χ0n) is 10.6. The first-order chi connectivity index (χ1) is 8.06. The number of hydrogen-bond acceptors (Lipinski definition) is 4. The Balaban J connectivity index is 2.70. The van der Waals surface area contributed by atoms with Gasteiger partial charge in [-0.15, -0.1) is 0 Å². The van der Waals surface area contributed by atoms with Gasteiger partial charge in [0.15, 0.2) is 11.5 Å². The van der Waals surface area contributed by atoms with Crippen molar-refractivity contribution in [3.8, 4) is 11.5 Å². The predicted molar refractivity (Wildman–Crippen MR) is 64.5 cm³/mol. The van der Waals surface area contributed by atoms with Crippen LogP contribution in [0.5, 0.6) is 11.5 Å². The first-order valence-corrected chi connectivity index (χ1v) is 5.45. The summed E-state index contributed by atoms with van der Waals surface area (Å²) in [5.41, 5.74) is 1.09. The molecule has 0 bridgehead atoms. The van der Waals surface area contributed by atoms with Crippen LogP contribution in [0.3, 0.4) is 0 Å². The molecule has 1 rings (SSSR count). The van der Waals surface area contributed by atoms with E-state index in [0.717, 1.165) is 5.56 Å². The molecule has 0 N–H and O–H groups in total. The first kappa shape index (κ1) is 13.4. The van der Waals surface area contributed by atoms with Crippen LogP contribution in [-0.2, 0) is 9.53 Å². The summed E-state index contributed by atoms with van der Waals surface area (Å²) in [6.45, 7) is 3.79. The molecule has 0 aliphatic heterocycles. The number of rotatable bonds is 5. The van der Waals surface area contributed by atoms with E-state index in [0.29, 0.717) is 11.5 Å². The summed E-state index contributed by atoms with van der Waals surface area (Å²) in [5.74, 6) is 1.01. The second kappa shape index (κ2) is 6.13. The molecule has 0 heterocycles. The van der Waals surface area contributed by atoms with Gasteiger partial charge < -0.3 is 14.2 Å². The topological polar surface area (TPSA) is 44.8 Å². The number of ether oxygens (including phenoxy) is 3. The Morgan fingerprint density at radius 3 is 2.59 bits per heavy atom. The van der Waals surface area contributed by atoms with Crippen LogP contribution < -0.4 is 9.47 Å². The van der Waals surface area contributed by atoms with E-state index in [1.165, 1.54) is 7.11 Å². The molecule has 17 heavy (non-hydrogen) atoms. The second-order valence-corrected chi connectivity index (χ2v) is 3.86. The Morgan fingerprint density at radius 1 is 1.29 bits per heavy atom. The van der Waals surface area contributed by atoms with Crippen molar-refractivity contribution in [1.82, 2.24) is 0 Å². The molecule has 0 radical (unpaired) electrons. The highest BCUT2D eigenvalue weighted by molar-refractivity contribution is 5.69. The largest absolute Gasteiger partial charge is 0.493 e. The van der Waals surface area contributed by atoms with Gasteiger partial charge in [-0.05, 0) is 31.5 Å². The van der Waals surface area contributed by atoms with E-state index in [1.807, 2.05) is 32.0 Å². The van der Waals surface area contributed by atoms with Gasteiger partial charge >= 0.3 is 5.97 Å². The van der Waals surface area contributed by atoms with Crippen molar-refractivity contribution in [1.29, 1.82) is 0 Å². The van der Waals surface area contributed by atoms with Crippen LogP contribution in [-0.4, -0.2) is 26.3 Å². The second-order valence-electron chi connectivity index (χ2n) is 3.86. The van der Waals surface area contributed by atoms with Gasteiger partial charge in [-0.25, -0.2) is 0 Å². The molecule has 1 aromatic rings. The monoisotopic (exact) mass is 238 g/mol. The fourth-order valence-corrected chi connectivity index (χ4v) is 1.45. The fourth-order valence-electron chi connectivity index (χ4n) is 1.45. The van der Waals surface area contributed by atoms with Crippen LogP contribution in [0, 0.1) is 6.92 Å². The Kier molecular flexibility index (Phi) is 4.82. The molecule has 0 fully saturated rings. The third-order valence-corrected chi connectivity index (χ3v) is 2.33. The molecule has 0 aromatic heterocycles. The molecule has 94 valence electrons. The third-order valence-electron chi connectivity index (χ3n) is 2.33. The highest BCUT2D eigenvalue weighted by atomic mass is 16.5. The quantitative estimate of drug-likeness (QED) is 0.738. The normalized spacial score (nSPS) is 11.8. The lowest BCUT2D eigenvalue weighted by atomic mass is 10.2. The average molecular weight is 238 g/mol. The molecule has 0 saturated heterocycles. The maximum atomic E-state index is 11.1. The number of benzene rings is 1. The lowest BCUT2D eigenvalue weighted by molar-refractivity contribution is -0.142. The molecule has 1 atom stereocenters. The van der Waals surface area contributed by atoms with E-state index < -0.39 is 0 Å². The molecule has 0 aliphatic rings. The van der Waals surface area contributed by atoms with Crippen molar-refractivity contribution in [2.45, 2.75) is 26.4 Å². The summed E-state index contributed by atoms with van der Waals surface area (Å²) in [5, 5.41) is 0. The molecule has 0 amide bonds. The van der Waals surface area contributed by atoms with Gasteiger partial charge in [0.05, 0.1) is 20.6 Å². The van der Waals surface area contributed by atoms with Crippen molar-refractivity contribution in [2.75, 3.05) is 14.2 Å². The Labute approximate surface area is 101 Å². The molecular formula is C13H18O4. The molecule has 1 aromatic carbocycles. The standard InChI is InChI=1S/C13H18O4/c1-9-5-6-11(12(7-9)15-3)17-10(2)8-13(14)16-4/h5-7,10H,8H2,1-4H3.